The van der Waals surface area contributed by atoms with Gasteiger partial charge in [-0.1, -0.05) is 13.8 Å². The number of hydrogen-bond donors (Lipinski definition) is 3. The molecule has 0 atom stereocenters. The molecule has 2 heterocycles. The molecule has 2 rings (SSSR count). The molecule has 1 aromatic rings. The number of carbonyl (C=O) groups excluding carboxylic acids is 2. The summed E-state index contributed by atoms with van der Waals surface area (Å²) in [5, 5.41) is 20.6. The number of hydrogen-bond acceptors (Lipinski definition) is 6. The first-order chi connectivity index (χ1) is 10.6. The van der Waals surface area contributed by atoms with Crippen LogP contribution in [0.25, 0.3) is 0 Å². The Morgan fingerprint density at radius 3 is 2.30 bits per heavy atom. The van der Waals surface area contributed by atoms with Gasteiger partial charge in [0.2, 0.25) is 6.41 Å². The van der Waals surface area contributed by atoms with Crippen molar-refractivity contribution in [3.05, 3.63) is 15.6 Å². The molecule has 1 aromatic heterocycles. The second kappa shape index (κ2) is 7.37. The molecule has 0 spiro atoms. The molecule has 1 aliphatic rings. The fourth-order valence-corrected chi connectivity index (χ4v) is 3.34. The molecular weight excluding hydrogens is 318 g/mol. The zero-order valence-corrected chi connectivity index (χ0v) is 14.8. The first-order valence-electron chi connectivity index (χ1n) is 7.51. The number of primary amides is 1. The SMILES string of the molecule is CCc1nc(C(=O)N2CC(O)(C(C)(C)O)C2)sc1CC.NC=O. The largest absolute Gasteiger partial charge is 0.387 e. The molecule has 0 unspecified atom stereocenters. The normalized spacial score (nSPS) is 16.2. The predicted octanol–water partition coefficient (Wildman–Crippen LogP) is 0.327. The van der Waals surface area contributed by atoms with Crippen molar-refractivity contribution in [1.29, 1.82) is 0 Å². The summed E-state index contributed by atoms with van der Waals surface area (Å²) in [4.78, 5) is 28.0. The highest BCUT2D eigenvalue weighted by Gasteiger charge is 2.53. The number of aromatic nitrogens is 1. The third kappa shape index (κ3) is 4.07. The van der Waals surface area contributed by atoms with Gasteiger partial charge in [0.25, 0.3) is 5.91 Å². The van der Waals surface area contributed by atoms with E-state index in [4.69, 9.17) is 4.79 Å². The Morgan fingerprint density at radius 2 is 1.96 bits per heavy atom. The van der Waals surface area contributed by atoms with E-state index in [2.05, 4.69) is 17.6 Å². The summed E-state index contributed by atoms with van der Waals surface area (Å²) in [6, 6.07) is 0. The molecule has 1 aliphatic heterocycles. The van der Waals surface area contributed by atoms with Gasteiger partial charge in [0, 0.05) is 4.88 Å². The van der Waals surface area contributed by atoms with Crippen LogP contribution in [0.4, 0.5) is 0 Å². The number of amides is 2. The molecule has 0 saturated carbocycles. The van der Waals surface area contributed by atoms with Crippen molar-refractivity contribution in [3.8, 4) is 0 Å². The molecule has 23 heavy (non-hydrogen) atoms. The number of likely N-dealkylation sites (tertiary alicyclic amines) is 1. The van der Waals surface area contributed by atoms with Crippen LogP contribution in [-0.2, 0) is 17.6 Å². The van der Waals surface area contributed by atoms with Crippen LogP contribution in [-0.4, -0.2) is 56.7 Å². The molecule has 7 nitrogen and oxygen atoms in total. The third-order valence-corrected chi connectivity index (χ3v) is 5.18. The Kier molecular flexibility index (Phi) is 6.26. The van der Waals surface area contributed by atoms with E-state index >= 15 is 0 Å². The zero-order chi connectivity index (χ0) is 17.8. The smallest absolute Gasteiger partial charge is 0.283 e. The number of nitrogens with zero attached hydrogens (tertiary/aromatic N) is 2. The molecule has 0 radical (unpaired) electrons. The molecule has 8 heteroatoms. The minimum atomic E-state index is -1.22. The highest BCUT2D eigenvalue weighted by atomic mass is 32.1. The summed E-state index contributed by atoms with van der Waals surface area (Å²) in [7, 11) is 0. The topological polar surface area (TPSA) is 117 Å². The second-order valence-corrected chi connectivity index (χ2v) is 7.07. The lowest BCUT2D eigenvalue weighted by Crippen LogP contribution is -2.72. The summed E-state index contributed by atoms with van der Waals surface area (Å²) < 4.78 is 0. The maximum atomic E-state index is 12.3. The van der Waals surface area contributed by atoms with Gasteiger partial charge in [-0.2, -0.15) is 0 Å². The Hall–Kier alpha value is -1.51. The van der Waals surface area contributed by atoms with Crippen LogP contribution in [0, 0.1) is 0 Å². The molecule has 2 amide bonds. The predicted molar refractivity (Wildman–Crippen MR) is 88.3 cm³/mol. The van der Waals surface area contributed by atoms with Crippen molar-refractivity contribution in [2.24, 2.45) is 5.73 Å². The number of aliphatic hydroxyl groups is 2. The van der Waals surface area contributed by atoms with Gasteiger partial charge < -0.3 is 20.8 Å². The van der Waals surface area contributed by atoms with Crippen molar-refractivity contribution in [3.63, 3.8) is 0 Å². The Labute approximate surface area is 140 Å². The zero-order valence-electron chi connectivity index (χ0n) is 14.0. The van der Waals surface area contributed by atoms with Gasteiger partial charge >= 0.3 is 0 Å². The second-order valence-electron chi connectivity index (χ2n) is 5.98. The van der Waals surface area contributed by atoms with E-state index in [9.17, 15) is 15.0 Å². The maximum Gasteiger partial charge on any atom is 0.283 e. The van der Waals surface area contributed by atoms with Gasteiger partial charge in [-0.25, -0.2) is 4.98 Å². The van der Waals surface area contributed by atoms with Crippen LogP contribution in [0.5, 0.6) is 0 Å². The molecule has 1 fully saturated rings. The van der Waals surface area contributed by atoms with Crippen LogP contribution in [0.15, 0.2) is 0 Å². The lowest BCUT2D eigenvalue weighted by atomic mass is 9.79. The molecule has 4 N–H and O–H groups in total. The Balaban J connectivity index is 0.000000816. The van der Waals surface area contributed by atoms with E-state index in [0.717, 1.165) is 23.4 Å². The van der Waals surface area contributed by atoms with Gasteiger partial charge in [0.1, 0.15) is 5.60 Å². The number of aryl methyl sites for hydroxylation is 2. The van der Waals surface area contributed by atoms with Crippen LogP contribution in [0.3, 0.4) is 0 Å². The van der Waals surface area contributed by atoms with Crippen LogP contribution in [0.2, 0.25) is 0 Å². The van der Waals surface area contributed by atoms with Crippen molar-refractivity contribution in [2.45, 2.75) is 51.7 Å². The van der Waals surface area contributed by atoms with Crippen molar-refractivity contribution < 1.29 is 19.8 Å². The van der Waals surface area contributed by atoms with E-state index in [1.54, 1.807) is 13.8 Å². The minimum Gasteiger partial charge on any atom is -0.387 e. The summed E-state index contributed by atoms with van der Waals surface area (Å²) in [6.07, 6.45) is 1.95. The van der Waals surface area contributed by atoms with Gasteiger partial charge in [-0.05, 0) is 26.7 Å². The Bertz CT molecular complexity index is 538. The van der Waals surface area contributed by atoms with Crippen molar-refractivity contribution in [1.82, 2.24) is 9.88 Å². The van der Waals surface area contributed by atoms with E-state index in [1.165, 1.54) is 16.2 Å². The van der Waals surface area contributed by atoms with Crippen LogP contribution >= 0.6 is 11.3 Å². The third-order valence-electron chi connectivity index (χ3n) is 3.95. The van der Waals surface area contributed by atoms with Crippen molar-refractivity contribution in [2.75, 3.05) is 13.1 Å². The number of nitrogens with two attached hydrogens (primary N) is 1. The van der Waals surface area contributed by atoms with E-state index in [-0.39, 0.29) is 25.4 Å². The standard InChI is InChI=1S/C14H22N2O3S.CH3NO/c1-5-9-10(6-2)20-11(15-9)12(17)16-7-14(19,8-16)13(3,4)18;2-1-3/h18-19H,5-8H2,1-4H3;1H,(H2,2,3). The van der Waals surface area contributed by atoms with E-state index < -0.39 is 11.2 Å². The molecular formula is C15H25N3O4S. The number of β-amino-alcohol motifs (C(OH)–C–C–N with tert-alkyl or cyclic N) is 1. The van der Waals surface area contributed by atoms with Gasteiger partial charge in [-0.15, -0.1) is 11.3 Å². The Morgan fingerprint density at radius 1 is 1.43 bits per heavy atom. The molecule has 0 aliphatic carbocycles. The average Bonchev–Trinajstić information content (AvgIpc) is 2.86. The lowest BCUT2D eigenvalue weighted by Gasteiger charge is -2.52. The first-order valence-corrected chi connectivity index (χ1v) is 8.33. The quantitative estimate of drug-likeness (QED) is 0.681. The van der Waals surface area contributed by atoms with Gasteiger partial charge in [-0.3, -0.25) is 9.59 Å². The van der Waals surface area contributed by atoms with E-state index in [0.29, 0.717) is 5.01 Å². The van der Waals surface area contributed by atoms with E-state index in [1.807, 2.05) is 6.92 Å². The summed E-state index contributed by atoms with van der Waals surface area (Å²) in [5.41, 5.74) is 2.72. The van der Waals surface area contributed by atoms with Crippen LogP contribution < -0.4 is 5.73 Å². The lowest BCUT2D eigenvalue weighted by molar-refractivity contribution is -0.192. The number of rotatable bonds is 4. The highest BCUT2D eigenvalue weighted by Crippen LogP contribution is 2.33. The summed E-state index contributed by atoms with van der Waals surface area (Å²) in [6.45, 7) is 7.50. The van der Waals surface area contributed by atoms with Crippen LogP contribution in [0.1, 0.15) is 48.1 Å². The fraction of sp³-hybridized carbons (Fsp3) is 0.667. The first kappa shape index (κ1) is 19.5. The summed E-state index contributed by atoms with van der Waals surface area (Å²) >= 11 is 1.43. The molecule has 130 valence electrons. The van der Waals surface area contributed by atoms with Gasteiger partial charge in [0.05, 0.1) is 24.4 Å². The fourth-order valence-electron chi connectivity index (χ4n) is 2.28. The highest BCUT2D eigenvalue weighted by molar-refractivity contribution is 7.13. The summed E-state index contributed by atoms with van der Waals surface area (Å²) in [5.74, 6) is -0.154. The number of carbonyl (C=O) groups is 2. The van der Waals surface area contributed by atoms with Crippen molar-refractivity contribution >= 4 is 23.7 Å². The monoisotopic (exact) mass is 343 g/mol. The molecule has 0 aromatic carbocycles. The molecule has 0 bridgehead atoms. The molecule has 1 saturated heterocycles. The van der Waals surface area contributed by atoms with Gasteiger partial charge in [0.15, 0.2) is 5.01 Å². The number of thiazole rings is 1. The maximum absolute atomic E-state index is 12.3. The average molecular weight is 343 g/mol. The minimum absolute atomic E-state index is 0.151.